The molecule has 2 aromatic rings. The van der Waals surface area contributed by atoms with Gasteiger partial charge in [-0.15, -0.1) is 0 Å². The van der Waals surface area contributed by atoms with Crippen LogP contribution in [-0.4, -0.2) is 0 Å². The van der Waals surface area contributed by atoms with Crippen molar-refractivity contribution in [3.8, 4) is 0 Å². The smallest absolute Gasteiger partial charge is 0.128 e. The first-order valence-electron chi connectivity index (χ1n) is 5.14. The van der Waals surface area contributed by atoms with Crippen LogP contribution in [0.2, 0.25) is 5.02 Å². The lowest BCUT2D eigenvalue weighted by molar-refractivity contribution is 0.562. The van der Waals surface area contributed by atoms with E-state index in [0.29, 0.717) is 0 Å². The standard InChI is InChI=1S/C13H9ClF3N/c14-7-1-3-11(16)9(5-7)13(18)10-6-8(15)2-4-12(10)17/h1-6,13H,18H2. The average Bonchev–Trinajstić information content (AvgIpc) is 2.34. The molecule has 94 valence electrons. The lowest BCUT2D eigenvalue weighted by atomic mass is 9.98. The highest BCUT2D eigenvalue weighted by molar-refractivity contribution is 6.30. The Morgan fingerprint density at radius 3 is 2.11 bits per heavy atom. The summed E-state index contributed by atoms with van der Waals surface area (Å²) in [6, 6.07) is 5.54. The van der Waals surface area contributed by atoms with Crippen molar-refractivity contribution in [2.45, 2.75) is 6.04 Å². The summed E-state index contributed by atoms with van der Waals surface area (Å²) in [4.78, 5) is 0. The quantitative estimate of drug-likeness (QED) is 0.883. The summed E-state index contributed by atoms with van der Waals surface area (Å²) in [6.07, 6.45) is 0. The maximum absolute atomic E-state index is 13.6. The van der Waals surface area contributed by atoms with Crippen molar-refractivity contribution in [3.05, 3.63) is 70.0 Å². The van der Waals surface area contributed by atoms with Crippen LogP contribution in [-0.2, 0) is 0 Å². The highest BCUT2D eigenvalue weighted by Crippen LogP contribution is 2.27. The van der Waals surface area contributed by atoms with Crippen molar-refractivity contribution in [2.24, 2.45) is 5.73 Å². The van der Waals surface area contributed by atoms with Crippen LogP contribution in [0.5, 0.6) is 0 Å². The van der Waals surface area contributed by atoms with Gasteiger partial charge in [0, 0.05) is 16.1 Å². The number of benzene rings is 2. The first-order valence-corrected chi connectivity index (χ1v) is 5.52. The van der Waals surface area contributed by atoms with E-state index >= 15 is 0 Å². The van der Waals surface area contributed by atoms with E-state index in [1.807, 2.05) is 0 Å². The Morgan fingerprint density at radius 2 is 1.44 bits per heavy atom. The molecule has 0 amide bonds. The van der Waals surface area contributed by atoms with Crippen molar-refractivity contribution < 1.29 is 13.2 Å². The molecule has 0 radical (unpaired) electrons. The van der Waals surface area contributed by atoms with Crippen molar-refractivity contribution in [2.75, 3.05) is 0 Å². The second-order valence-corrected chi connectivity index (χ2v) is 4.25. The molecule has 2 aromatic carbocycles. The van der Waals surface area contributed by atoms with Crippen molar-refractivity contribution in [1.82, 2.24) is 0 Å². The van der Waals surface area contributed by atoms with Gasteiger partial charge in [0.05, 0.1) is 6.04 Å². The maximum atomic E-state index is 13.6. The van der Waals surface area contributed by atoms with Gasteiger partial charge in [0.1, 0.15) is 17.5 Å². The first kappa shape index (κ1) is 12.9. The molecule has 2 rings (SSSR count). The van der Waals surface area contributed by atoms with E-state index < -0.39 is 23.5 Å². The molecule has 1 nitrogen and oxygen atoms in total. The zero-order valence-electron chi connectivity index (χ0n) is 9.13. The van der Waals surface area contributed by atoms with Crippen LogP contribution in [0.15, 0.2) is 36.4 Å². The summed E-state index contributed by atoms with van der Waals surface area (Å²) >= 11 is 5.73. The molecule has 0 aliphatic carbocycles. The SMILES string of the molecule is NC(c1cc(F)ccc1F)c1cc(Cl)ccc1F. The lowest BCUT2D eigenvalue weighted by Gasteiger charge is -2.14. The van der Waals surface area contributed by atoms with Crippen molar-refractivity contribution >= 4 is 11.6 Å². The largest absolute Gasteiger partial charge is 0.320 e. The van der Waals surface area contributed by atoms with Gasteiger partial charge in [-0.1, -0.05) is 11.6 Å². The Kier molecular flexibility index (Phi) is 3.59. The monoisotopic (exact) mass is 271 g/mol. The second kappa shape index (κ2) is 5.00. The molecular formula is C13H9ClF3N. The van der Waals surface area contributed by atoms with Crippen LogP contribution < -0.4 is 5.73 Å². The van der Waals surface area contributed by atoms with Gasteiger partial charge in [0.15, 0.2) is 0 Å². The Balaban J connectivity index is 2.50. The van der Waals surface area contributed by atoms with Gasteiger partial charge in [-0.2, -0.15) is 0 Å². The Labute approximate surface area is 107 Å². The Bertz CT molecular complexity index is 535. The summed E-state index contributed by atoms with van der Waals surface area (Å²) in [5, 5.41) is 0.277. The van der Waals surface area contributed by atoms with E-state index in [1.165, 1.54) is 12.1 Å². The molecule has 0 aliphatic rings. The van der Waals surface area contributed by atoms with Crippen LogP contribution in [0.3, 0.4) is 0 Å². The fourth-order valence-electron chi connectivity index (χ4n) is 1.67. The van der Waals surface area contributed by atoms with Crippen LogP contribution in [0.4, 0.5) is 13.2 Å². The highest BCUT2D eigenvalue weighted by Gasteiger charge is 2.18. The molecule has 0 aromatic heterocycles. The number of rotatable bonds is 2. The summed E-state index contributed by atoms with van der Waals surface area (Å²) in [5.74, 6) is -1.94. The predicted molar refractivity (Wildman–Crippen MR) is 63.8 cm³/mol. The minimum absolute atomic E-state index is 0.0204. The number of nitrogens with two attached hydrogens (primary N) is 1. The van der Waals surface area contributed by atoms with E-state index in [-0.39, 0.29) is 16.1 Å². The fraction of sp³-hybridized carbons (Fsp3) is 0.0769. The molecule has 0 spiro atoms. The minimum atomic E-state index is -1.11. The molecule has 0 fully saturated rings. The average molecular weight is 272 g/mol. The van der Waals surface area contributed by atoms with Crippen LogP contribution in [0, 0.1) is 17.5 Å². The van der Waals surface area contributed by atoms with Crippen molar-refractivity contribution in [3.63, 3.8) is 0 Å². The molecule has 1 unspecified atom stereocenters. The molecule has 1 atom stereocenters. The molecule has 0 aliphatic heterocycles. The Morgan fingerprint density at radius 1 is 0.889 bits per heavy atom. The maximum Gasteiger partial charge on any atom is 0.128 e. The zero-order chi connectivity index (χ0) is 13.3. The second-order valence-electron chi connectivity index (χ2n) is 3.81. The topological polar surface area (TPSA) is 26.0 Å². The molecule has 0 bridgehead atoms. The Hall–Kier alpha value is -1.52. The summed E-state index contributed by atoms with van der Waals surface area (Å²) in [5.41, 5.74) is 5.66. The van der Waals surface area contributed by atoms with E-state index in [1.54, 1.807) is 0 Å². The van der Waals surface area contributed by atoms with Gasteiger partial charge in [-0.25, -0.2) is 13.2 Å². The van der Waals surface area contributed by atoms with E-state index in [2.05, 4.69) is 0 Å². The molecule has 2 N–H and O–H groups in total. The third kappa shape index (κ3) is 2.49. The van der Waals surface area contributed by atoms with Crippen LogP contribution in [0.1, 0.15) is 17.2 Å². The van der Waals surface area contributed by atoms with Gasteiger partial charge in [-0.3, -0.25) is 0 Å². The number of hydrogen-bond donors (Lipinski definition) is 1. The first-order chi connectivity index (χ1) is 8.49. The minimum Gasteiger partial charge on any atom is -0.320 e. The molecule has 0 saturated carbocycles. The molecule has 18 heavy (non-hydrogen) atoms. The molecular weight excluding hydrogens is 263 g/mol. The summed E-state index contributed by atoms with van der Waals surface area (Å²) in [6.45, 7) is 0. The van der Waals surface area contributed by atoms with Crippen LogP contribution >= 0.6 is 11.6 Å². The van der Waals surface area contributed by atoms with Gasteiger partial charge in [0.25, 0.3) is 0 Å². The number of hydrogen-bond acceptors (Lipinski definition) is 1. The zero-order valence-corrected chi connectivity index (χ0v) is 9.89. The number of halogens is 4. The molecule has 5 heteroatoms. The predicted octanol–water partition coefficient (Wildman–Crippen LogP) is 3.81. The van der Waals surface area contributed by atoms with E-state index in [9.17, 15) is 13.2 Å². The van der Waals surface area contributed by atoms with E-state index in [4.69, 9.17) is 17.3 Å². The third-order valence-electron chi connectivity index (χ3n) is 2.59. The van der Waals surface area contributed by atoms with Gasteiger partial charge in [0.2, 0.25) is 0 Å². The molecule has 0 heterocycles. The van der Waals surface area contributed by atoms with Gasteiger partial charge < -0.3 is 5.73 Å². The molecule has 0 saturated heterocycles. The van der Waals surface area contributed by atoms with Gasteiger partial charge >= 0.3 is 0 Å². The fourth-order valence-corrected chi connectivity index (χ4v) is 1.85. The summed E-state index contributed by atoms with van der Waals surface area (Å²) in [7, 11) is 0. The highest BCUT2D eigenvalue weighted by atomic mass is 35.5. The van der Waals surface area contributed by atoms with E-state index in [0.717, 1.165) is 24.3 Å². The normalized spacial score (nSPS) is 12.5. The van der Waals surface area contributed by atoms with Crippen molar-refractivity contribution in [1.29, 1.82) is 0 Å². The summed E-state index contributed by atoms with van der Waals surface area (Å²) < 4.78 is 40.2. The van der Waals surface area contributed by atoms with Gasteiger partial charge in [-0.05, 0) is 36.4 Å². The lowest BCUT2D eigenvalue weighted by Crippen LogP contribution is -2.15. The van der Waals surface area contributed by atoms with Crippen LogP contribution in [0.25, 0.3) is 0 Å². The third-order valence-corrected chi connectivity index (χ3v) is 2.82.